The molecule has 222 valence electrons. The first kappa shape index (κ1) is 34.4. The van der Waals surface area contributed by atoms with Crippen LogP contribution < -0.4 is 27.0 Å². The fourth-order valence-corrected chi connectivity index (χ4v) is 3.80. The summed E-state index contributed by atoms with van der Waals surface area (Å²) in [5.74, 6) is -1.89. The van der Waals surface area contributed by atoms with Crippen LogP contribution in [0.4, 0.5) is 15.3 Å². The maximum atomic E-state index is 13.2. The van der Waals surface area contributed by atoms with E-state index in [1.165, 1.54) is 7.85 Å². The van der Waals surface area contributed by atoms with Crippen LogP contribution in [0.25, 0.3) is 0 Å². The summed E-state index contributed by atoms with van der Waals surface area (Å²) in [6.45, 7) is 10.2. The van der Waals surface area contributed by atoms with Crippen molar-refractivity contribution in [2.75, 3.05) is 18.5 Å². The molecule has 5 amide bonds. The monoisotopic (exact) mass is 561 g/mol. The highest BCUT2D eigenvalue weighted by Gasteiger charge is 2.29. The number of anilines is 1. The highest BCUT2D eigenvalue weighted by atomic mass is 16.5. The van der Waals surface area contributed by atoms with Gasteiger partial charge in [-0.05, 0) is 63.6 Å². The number of hydrogen-bond donors (Lipinski definition) is 5. The van der Waals surface area contributed by atoms with Crippen molar-refractivity contribution >= 4 is 43.2 Å². The Hall–Kier alpha value is -3.61. The molecule has 6 N–H and O–H groups in total. The van der Waals surface area contributed by atoms with Crippen molar-refractivity contribution in [3.05, 3.63) is 29.8 Å². The molecule has 0 aliphatic carbocycles. The third-order valence-corrected chi connectivity index (χ3v) is 6.02. The van der Waals surface area contributed by atoms with Crippen LogP contribution >= 0.6 is 0 Å². The largest absolute Gasteiger partial charge is 0.469 e. The van der Waals surface area contributed by atoms with Gasteiger partial charge in [0.1, 0.15) is 18.7 Å². The third-order valence-electron chi connectivity index (χ3n) is 6.02. The molecule has 0 aromatic heterocycles. The molecular weight excluding hydrogens is 517 g/mol. The van der Waals surface area contributed by atoms with E-state index in [0.717, 1.165) is 5.56 Å². The molecule has 2 atom stereocenters. The van der Waals surface area contributed by atoms with Crippen molar-refractivity contribution in [2.24, 2.45) is 11.7 Å². The molecule has 13 heteroatoms. The maximum absolute atomic E-state index is 13.2. The van der Waals surface area contributed by atoms with Gasteiger partial charge in [0.25, 0.3) is 0 Å². The molecule has 1 rings (SSSR count). The fourth-order valence-electron chi connectivity index (χ4n) is 3.80. The second-order valence-corrected chi connectivity index (χ2v) is 10.4. The lowest BCUT2D eigenvalue weighted by Crippen LogP contribution is -2.54. The SMILES string of the molecule is BC(=O)OCc1ccc(NC(=O)[C@H](CCCNC(N)=O)NC(=O)C(NC(=O)CCC(C)(C)OCC)C(C)C)cc1. The number of amides is 5. The summed E-state index contributed by atoms with van der Waals surface area (Å²) in [4.78, 5) is 61.1. The molecule has 40 heavy (non-hydrogen) atoms. The molecule has 0 bridgehead atoms. The minimum atomic E-state index is -0.946. The molecule has 1 aromatic carbocycles. The van der Waals surface area contributed by atoms with Crippen molar-refractivity contribution < 1.29 is 33.4 Å². The van der Waals surface area contributed by atoms with Crippen molar-refractivity contribution in [2.45, 2.75) is 84.6 Å². The number of benzene rings is 1. The number of primary amides is 1. The first-order valence-corrected chi connectivity index (χ1v) is 13.5. The standard InChI is InChI=1S/C27H44BN5O7/c1-6-40-27(4,5)14-13-21(34)33-22(17(2)3)24(36)32-20(8-7-15-30-26(29)38)23(35)31-19-11-9-18(10-12-19)16-39-25(28)37/h9-12,17,20,22H,6-8,13-16,28H2,1-5H3,(H,31,35)(H,32,36)(H,33,34)(H3,29,30,38)/t20-,22?/m0/s1. The van der Waals surface area contributed by atoms with E-state index in [1.54, 1.807) is 38.1 Å². The van der Waals surface area contributed by atoms with Gasteiger partial charge in [-0.25, -0.2) is 4.79 Å². The molecule has 0 aliphatic rings. The van der Waals surface area contributed by atoms with Gasteiger partial charge in [-0.2, -0.15) is 0 Å². The smallest absolute Gasteiger partial charge is 0.312 e. The van der Waals surface area contributed by atoms with Crippen LogP contribution in [0, 0.1) is 5.92 Å². The predicted octanol–water partition coefficient (Wildman–Crippen LogP) is 1.56. The van der Waals surface area contributed by atoms with Gasteiger partial charge < -0.3 is 36.5 Å². The topological polar surface area (TPSA) is 178 Å². The van der Waals surface area contributed by atoms with Gasteiger partial charge in [0.2, 0.25) is 31.4 Å². The minimum Gasteiger partial charge on any atom is -0.469 e. The third kappa shape index (κ3) is 14.0. The molecular formula is C27H44BN5O7. The van der Waals surface area contributed by atoms with Crippen molar-refractivity contribution in [1.82, 2.24) is 16.0 Å². The number of carbonyl (C=O) groups is 5. The number of urea groups is 1. The Morgan fingerprint density at radius 1 is 1.02 bits per heavy atom. The van der Waals surface area contributed by atoms with E-state index in [9.17, 15) is 24.0 Å². The van der Waals surface area contributed by atoms with E-state index in [4.69, 9.17) is 15.2 Å². The van der Waals surface area contributed by atoms with Crippen molar-refractivity contribution in [3.8, 4) is 0 Å². The summed E-state index contributed by atoms with van der Waals surface area (Å²) >= 11 is 0. The van der Waals surface area contributed by atoms with Crippen LogP contribution in [0.2, 0.25) is 0 Å². The van der Waals surface area contributed by atoms with Crippen LogP contribution in [0.1, 0.15) is 65.9 Å². The Morgan fingerprint density at radius 2 is 1.68 bits per heavy atom. The maximum Gasteiger partial charge on any atom is 0.312 e. The number of carbonyl (C=O) groups excluding carboxylic acids is 5. The highest BCUT2D eigenvalue weighted by Crippen LogP contribution is 2.17. The number of nitrogens with two attached hydrogens (primary N) is 1. The lowest BCUT2D eigenvalue weighted by molar-refractivity contribution is -0.132. The number of ether oxygens (including phenoxy) is 2. The molecule has 0 spiro atoms. The Balaban J connectivity index is 2.91. The lowest BCUT2D eigenvalue weighted by Gasteiger charge is -2.27. The van der Waals surface area contributed by atoms with E-state index >= 15 is 0 Å². The summed E-state index contributed by atoms with van der Waals surface area (Å²) < 4.78 is 10.6. The van der Waals surface area contributed by atoms with E-state index in [-0.39, 0.29) is 37.8 Å². The summed E-state index contributed by atoms with van der Waals surface area (Å²) in [5.41, 5.74) is 5.87. The quantitative estimate of drug-likeness (QED) is 0.142. The molecule has 12 nitrogen and oxygen atoms in total. The second kappa shape index (κ2) is 17.2. The Kier molecular flexibility index (Phi) is 14.8. The number of rotatable bonds is 17. The van der Waals surface area contributed by atoms with Gasteiger partial charge >= 0.3 is 6.03 Å². The molecule has 0 fully saturated rings. The first-order valence-electron chi connectivity index (χ1n) is 13.5. The van der Waals surface area contributed by atoms with Gasteiger partial charge in [-0.1, -0.05) is 26.0 Å². The van der Waals surface area contributed by atoms with Gasteiger partial charge in [-0.3, -0.25) is 19.2 Å². The van der Waals surface area contributed by atoms with Gasteiger partial charge in [0.05, 0.1) is 5.60 Å². The first-order chi connectivity index (χ1) is 18.7. The van der Waals surface area contributed by atoms with Crippen LogP contribution in [0.5, 0.6) is 0 Å². The fraction of sp³-hybridized carbons (Fsp3) is 0.593. The summed E-state index contributed by atoms with van der Waals surface area (Å²) in [7, 11) is 1.32. The lowest BCUT2D eigenvalue weighted by atomic mass is 9.99. The minimum absolute atomic E-state index is 0.112. The zero-order chi connectivity index (χ0) is 30.3. The van der Waals surface area contributed by atoms with E-state index in [1.807, 2.05) is 20.8 Å². The van der Waals surface area contributed by atoms with Gasteiger partial charge in [0.15, 0.2) is 0 Å². The van der Waals surface area contributed by atoms with Crippen molar-refractivity contribution in [3.63, 3.8) is 0 Å². The molecule has 0 heterocycles. The summed E-state index contributed by atoms with van der Waals surface area (Å²) in [6.07, 6.45) is 1.24. The molecule has 1 unspecified atom stereocenters. The molecule has 0 radical (unpaired) electrons. The Labute approximate surface area is 237 Å². The van der Waals surface area contributed by atoms with Crippen LogP contribution in [-0.4, -0.2) is 68.3 Å². The summed E-state index contributed by atoms with van der Waals surface area (Å²) in [5, 5.41) is 10.8. The molecule has 0 aliphatic heterocycles. The molecule has 0 saturated carbocycles. The average molecular weight is 561 g/mol. The second-order valence-electron chi connectivity index (χ2n) is 10.4. The normalized spacial score (nSPS) is 12.7. The van der Waals surface area contributed by atoms with Crippen LogP contribution in [0.3, 0.4) is 0 Å². The predicted molar refractivity (Wildman–Crippen MR) is 154 cm³/mol. The zero-order valence-electron chi connectivity index (χ0n) is 24.4. The Bertz CT molecular complexity index is 1000. The zero-order valence-corrected chi connectivity index (χ0v) is 24.4. The van der Waals surface area contributed by atoms with Crippen LogP contribution in [-0.2, 0) is 30.5 Å². The van der Waals surface area contributed by atoms with E-state index in [2.05, 4.69) is 21.3 Å². The van der Waals surface area contributed by atoms with Gasteiger partial charge in [0, 0.05) is 25.3 Å². The number of nitrogens with one attached hydrogen (secondary N) is 4. The van der Waals surface area contributed by atoms with E-state index < -0.39 is 41.4 Å². The van der Waals surface area contributed by atoms with Crippen molar-refractivity contribution in [1.29, 1.82) is 0 Å². The average Bonchev–Trinajstić information content (AvgIpc) is 2.86. The van der Waals surface area contributed by atoms with Crippen LogP contribution in [0.15, 0.2) is 24.3 Å². The Morgan fingerprint density at radius 3 is 2.23 bits per heavy atom. The van der Waals surface area contributed by atoms with E-state index in [0.29, 0.717) is 25.1 Å². The highest BCUT2D eigenvalue weighted by molar-refractivity contribution is 6.55. The molecule has 1 aromatic rings. The number of hydrogen-bond acceptors (Lipinski definition) is 7. The molecule has 0 saturated heterocycles. The summed E-state index contributed by atoms with van der Waals surface area (Å²) in [6, 6.07) is 4.24. The van der Waals surface area contributed by atoms with Gasteiger partial charge in [-0.15, -0.1) is 0 Å².